The molecule has 0 atom stereocenters. The van der Waals surface area contributed by atoms with Gasteiger partial charge in [-0.3, -0.25) is 5.32 Å². The molecule has 2 heterocycles. The van der Waals surface area contributed by atoms with E-state index >= 15 is 0 Å². The van der Waals surface area contributed by atoms with Crippen LogP contribution in [-0.2, 0) is 6.54 Å². The summed E-state index contributed by atoms with van der Waals surface area (Å²) in [4.78, 5) is 19.7. The predicted molar refractivity (Wildman–Crippen MR) is 94.0 cm³/mol. The van der Waals surface area contributed by atoms with Crippen molar-refractivity contribution in [3.8, 4) is 0 Å². The van der Waals surface area contributed by atoms with Crippen LogP contribution in [0.3, 0.4) is 0 Å². The van der Waals surface area contributed by atoms with E-state index in [0.29, 0.717) is 11.5 Å². The first-order valence-electron chi connectivity index (χ1n) is 7.63. The van der Waals surface area contributed by atoms with Gasteiger partial charge in [0.1, 0.15) is 5.82 Å². The third-order valence-electron chi connectivity index (χ3n) is 3.27. The maximum Gasteiger partial charge on any atom is 0.320 e. The van der Waals surface area contributed by atoms with Crippen molar-refractivity contribution in [1.29, 1.82) is 0 Å². The molecule has 2 aromatic heterocycles. The predicted octanol–water partition coefficient (Wildman–Crippen LogP) is 3.68. The molecule has 126 valence electrons. The number of hydrogen-bond donors (Lipinski definition) is 3. The molecule has 0 radical (unpaired) electrons. The Kier molecular flexibility index (Phi) is 5.16. The standard InChI is InChI=1S/C18H16FN5O/c19-16-8-4-7-14(23-16)12-21-18(25)24-17-10-9-15(11-20-17)22-13-5-2-1-3-6-13/h1-11,22H,12H2,(H2,20,21,24,25). The van der Waals surface area contributed by atoms with Crippen LogP contribution in [0.1, 0.15) is 5.69 Å². The largest absolute Gasteiger partial charge is 0.354 e. The van der Waals surface area contributed by atoms with E-state index in [1.807, 2.05) is 36.4 Å². The molecular formula is C18H16FN5O. The van der Waals surface area contributed by atoms with Crippen LogP contribution in [0.2, 0.25) is 0 Å². The molecule has 0 bridgehead atoms. The summed E-state index contributed by atoms with van der Waals surface area (Å²) in [5, 5.41) is 8.40. The molecule has 3 aromatic rings. The Labute approximate surface area is 144 Å². The van der Waals surface area contributed by atoms with E-state index in [1.54, 1.807) is 18.3 Å². The van der Waals surface area contributed by atoms with Gasteiger partial charge in [0.2, 0.25) is 5.95 Å². The van der Waals surface area contributed by atoms with Crippen LogP contribution in [0, 0.1) is 5.95 Å². The molecule has 1 aromatic carbocycles. The van der Waals surface area contributed by atoms with Crippen LogP contribution in [0.5, 0.6) is 0 Å². The number of carbonyl (C=O) groups is 1. The number of nitrogens with zero attached hydrogens (tertiary/aromatic N) is 2. The molecule has 0 aliphatic rings. The normalized spacial score (nSPS) is 10.1. The highest BCUT2D eigenvalue weighted by atomic mass is 19.1. The fraction of sp³-hybridized carbons (Fsp3) is 0.0556. The highest BCUT2D eigenvalue weighted by Gasteiger charge is 2.04. The summed E-state index contributed by atoms with van der Waals surface area (Å²) >= 11 is 0. The molecule has 0 saturated heterocycles. The number of pyridine rings is 2. The molecule has 3 N–H and O–H groups in total. The van der Waals surface area contributed by atoms with Gasteiger partial charge in [-0.1, -0.05) is 24.3 Å². The Morgan fingerprint density at radius 1 is 0.960 bits per heavy atom. The summed E-state index contributed by atoms with van der Waals surface area (Å²) in [5.74, 6) is -0.175. The van der Waals surface area contributed by atoms with Crippen molar-refractivity contribution in [2.75, 3.05) is 10.6 Å². The summed E-state index contributed by atoms with van der Waals surface area (Å²) in [5.41, 5.74) is 2.19. The van der Waals surface area contributed by atoms with E-state index in [9.17, 15) is 9.18 Å². The van der Waals surface area contributed by atoms with Crippen molar-refractivity contribution in [2.24, 2.45) is 0 Å². The number of amides is 2. The fourth-order valence-electron chi connectivity index (χ4n) is 2.11. The smallest absolute Gasteiger partial charge is 0.320 e. The van der Waals surface area contributed by atoms with E-state index in [-0.39, 0.29) is 6.54 Å². The van der Waals surface area contributed by atoms with E-state index in [2.05, 4.69) is 25.9 Å². The molecule has 0 unspecified atom stereocenters. The Balaban J connectivity index is 1.51. The number of rotatable bonds is 5. The van der Waals surface area contributed by atoms with E-state index in [0.717, 1.165) is 11.4 Å². The van der Waals surface area contributed by atoms with Crippen molar-refractivity contribution >= 4 is 23.2 Å². The SMILES string of the molecule is O=C(NCc1cccc(F)n1)Nc1ccc(Nc2ccccc2)cn1. The molecule has 0 aliphatic heterocycles. The topological polar surface area (TPSA) is 78.9 Å². The van der Waals surface area contributed by atoms with Gasteiger partial charge in [0.25, 0.3) is 0 Å². The summed E-state index contributed by atoms with van der Waals surface area (Å²) in [6.45, 7) is 0.122. The molecule has 0 spiro atoms. The van der Waals surface area contributed by atoms with Crippen LogP contribution < -0.4 is 16.0 Å². The first kappa shape index (κ1) is 16.4. The van der Waals surface area contributed by atoms with E-state index in [1.165, 1.54) is 12.1 Å². The van der Waals surface area contributed by atoms with Crippen molar-refractivity contribution in [2.45, 2.75) is 6.54 Å². The van der Waals surface area contributed by atoms with Gasteiger partial charge in [0.15, 0.2) is 0 Å². The van der Waals surface area contributed by atoms with Crippen LogP contribution in [0.15, 0.2) is 66.9 Å². The number of halogens is 1. The lowest BCUT2D eigenvalue weighted by molar-refractivity contribution is 0.251. The lowest BCUT2D eigenvalue weighted by atomic mass is 10.3. The minimum atomic E-state index is -0.581. The van der Waals surface area contributed by atoms with Crippen molar-refractivity contribution < 1.29 is 9.18 Å². The molecular weight excluding hydrogens is 321 g/mol. The summed E-state index contributed by atoms with van der Waals surface area (Å²) in [6, 6.07) is 17.2. The van der Waals surface area contributed by atoms with Crippen LogP contribution in [-0.4, -0.2) is 16.0 Å². The summed E-state index contributed by atoms with van der Waals surface area (Å²) in [6.07, 6.45) is 1.62. The second kappa shape index (κ2) is 7.87. The van der Waals surface area contributed by atoms with Gasteiger partial charge in [-0.05, 0) is 36.4 Å². The number of anilines is 3. The van der Waals surface area contributed by atoms with Gasteiger partial charge < -0.3 is 10.6 Å². The van der Waals surface area contributed by atoms with E-state index in [4.69, 9.17) is 0 Å². The number of urea groups is 1. The van der Waals surface area contributed by atoms with Crippen molar-refractivity contribution in [3.05, 3.63) is 78.5 Å². The highest BCUT2D eigenvalue weighted by molar-refractivity contribution is 5.88. The minimum absolute atomic E-state index is 0.122. The first-order valence-corrected chi connectivity index (χ1v) is 7.63. The second-order valence-corrected chi connectivity index (χ2v) is 5.18. The average Bonchev–Trinajstić information content (AvgIpc) is 2.63. The zero-order valence-electron chi connectivity index (χ0n) is 13.2. The van der Waals surface area contributed by atoms with Crippen LogP contribution in [0.25, 0.3) is 0 Å². The third kappa shape index (κ3) is 5.00. The van der Waals surface area contributed by atoms with Gasteiger partial charge >= 0.3 is 6.03 Å². The maximum atomic E-state index is 13.0. The molecule has 3 rings (SSSR count). The number of nitrogens with one attached hydrogen (secondary N) is 3. The average molecular weight is 337 g/mol. The molecule has 7 heteroatoms. The van der Waals surface area contributed by atoms with Gasteiger partial charge in [-0.25, -0.2) is 14.8 Å². The molecule has 0 aliphatic carbocycles. The second-order valence-electron chi connectivity index (χ2n) is 5.18. The number of benzene rings is 1. The fourth-order valence-corrected chi connectivity index (χ4v) is 2.11. The quantitative estimate of drug-likeness (QED) is 0.621. The zero-order chi connectivity index (χ0) is 17.5. The Morgan fingerprint density at radius 2 is 1.80 bits per heavy atom. The molecule has 0 saturated carbocycles. The highest BCUT2D eigenvalue weighted by Crippen LogP contribution is 2.16. The maximum absolute atomic E-state index is 13.0. The number of aromatic nitrogens is 2. The van der Waals surface area contributed by atoms with Crippen molar-refractivity contribution in [1.82, 2.24) is 15.3 Å². The van der Waals surface area contributed by atoms with Gasteiger partial charge in [-0.15, -0.1) is 0 Å². The lowest BCUT2D eigenvalue weighted by Crippen LogP contribution is -2.28. The third-order valence-corrected chi connectivity index (χ3v) is 3.27. The van der Waals surface area contributed by atoms with Gasteiger partial charge in [0.05, 0.1) is 24.1 Å². The Morgan fingerprint density at radius 3 is 2.52 bits per heavy atom. The minimum Gasteiger partial charge on any atom is -0.354 e. The monoisotopic (exact) mass is 337 g/mol. The molecule has 2 amide bonds. The number of carbonyl (C=O) groups excluding carboxylic acids is 1. The Hall–Kier alpha value is -3.48. The lowest BCUT2D eigenvalue weighted by Gasteiger charge is -2.09. The molecule has 6 nitrogen and oxygen atoms in total. The molecule has 25 heavy (non-hydrogen) atoms. The van der Waals surface area contributed by atoms with Gasteiger partial charge in [-0.2, -0.15) is 4.39 Å². The van der Waals surface area contributed by atoms with Crippen LogP contribution in [0.4, 0.5) is 26.4 Å². The number of para-hydroxylation sites is 1. The number of hydrogen-bond acceptors (Lipinski definition) is 4. The molecule has 0 fully saturated rings. The summed E-state index contributed by atoms with van der Waals surface area (Å²) < 4.78 is 13.0. The van der Waals surface area contributed by atoms with Gasteiger partial charge in [0, 0.05) is 5.69 Å². The van der Waals surface area contributed by atoms with Crippen molar-refractivity contribution in [3.63, 3.8) is 0 Å². The van der Waals surface area contributed by atoms with E-state index < -0.39 is 12.0 Å². The first-order chi connectivity index (χ1) is 12.2. The Bertz CT molecular complexity index is 840. The summed E-state index contributed by atoms with van der Waals surface area (Å²) in [7, 11) is 0. The zero-order valence-corrected chi connectivity index (χ0v) is 13.2. The van der Waals surface area contributed by atoms with Crippen LogP contribution >= 0.6 is 0 Å².